The highest BCUT2D eigenvalue weighted by Crippen LogP contribution is 2.13. The topological polar surface area (TPSA) is 109 Å². The highest BCUT2D eigenvalue weighted by atomic mass is 16.5. The lowest BCUT2D eigenvalue weighted by Crippen LogP contribution is -2.37. The van der Waals surface area contributed by atoms with Crippen molar-refractivity contribution in [1.82, 2.24) is 10.7 Å². The number of carbonyl (C=O) groups excluding carboxylic acids is 3. The van der Waals surface area contributed by atoms with Crippen molar-refractivity contribution >= 4 is 29.6 Å². The molecule has 0 atom stereocenters. The molecule has 0 radical (unpaired) electrons. The summed E-state index contributed by atoms with van der Waals surface area (Å²) in [7, 11) is 0. The first-order valence-electron chi connectivity index (χ1n) is 10.7. The predicted molar refractivity (Wildman–Crippen MR) is 131 cm³/mol. The van der Waals surface area contributed by atoms with E-state index < -0.39 is 11.8 Å². The summed E-state index contributed by atoms with van der Waals surface area (Å²) in [6, 6.07) is 21.9. The normalized spacial score (nSPS) is 10.5. The Morgan fingerprint density at radius 1 is 0.882 bits per heavy atom. The molecule has 0 aliphatic rings. The molecule has 3 N–H and O–H groups in total. The molecule has 0 fully saturated rings. The Kier molecular flexibility index (Phi) is 8.51. The Balaban J connectivity index is 1.44. The molecular formula is C26H26N4O4. The third-order valence-electron chi connectivity index (χ3n) is 4.69. The van der Waals surface area contributed by atoms with Gasteiger partial charge in [0.15, 0.2) is 6.61 Å². The molecule has 174 valence electrons. The van der Waals surface area contributed by atoms with Gasteiger partial charge < -0.3 is 15.4 Å². The molecule has 0 bridgehead atoms. The molecule has 8 nitrogen and oxygen atoms in total. The van der Waals surface area contributed by atoms with E-state index in [2.05, 4.69) is 21.2 Å². The van der Waals surface area contributed by atoms with E-state index in [0.29, 0.717) is 17.0 Å². The van der Waals surface area contributed by atoms with Gasteiger partial charge in [-0.05, 0) is 54.8 Å². The van der Waals surface area contributed by atoms with E-state index in [4.69, 9.17) is 4.74 Å². The second-order valence-corrected chi connectivity index (χ2v) is 7.65. The second-order valence-electron chi connectivity index (χ2n) is 7.65. The van der Waals surface area contributed by atoms with Crippen LogP contribution in [0.4, 0.5) is 5.69 Å². The third kappa shape index (κ3) is 7.90. The van der Waals surface area contributed by atoms with Gasteiger partial charge in [0.2, 0.25) is 0 Å². The van der Waals surface area contributed by atoms with Crippen molar-refractivity contribution in [3.63, 3.8) is 0 Å². The fourth-order valence-electron chi connectivity index (χ4n) is 2.94. The van der Waals surface area contributed by atoms with Gasteiger partial charge in [0.1, 0.15) is 5.75 Å². The van der Waals surface area contributed by atoms with Crippen LogP contribution in [0.2, 0.25) is 0 Å². The molecule has 3 aromatic carbocycles. The Morgan fingerprint density at radius 3 is 2.41 bits per heavy atom. The fraction of sp³-hybridized carbons (Fsp3) is 0.154. The first kappa shape index (κ1) is 24.2. The number of hydrogen-bond donors (Lipinski definition) is 3. The molecular weight excluding hydrogens is 432 g/mol. The second kappa shape index (κ2) is 12.0. The molecule has 3 aromatic rings. The summed E-state index contributed by atoms with van der Waals surface area (Å²) in [6.45, 7) is 4.00. The summed E-state index contributed by atoms with van der Waals surface area (Å²) in [4.78, 5) is 35.9. The van der Waals surface area contributed by atoms with E-state index in [9.17, 15) is 14.4 Å². The highest BCUT2D eigenvalue weighted by Gasteiger charge is 2.12. The monoisotopic (exact) mass is 458 g/mol. The predicted octanol–water partition coefficient (Wildman–Crippen LogP) is 3.09. The maximum atomic E-state index is 12.1. The van der Waals surface area contributed by atoms with Crippen LogP contribution in [0.5, 0.6) is 5.75 Å². The first-order valence-corrected chi connectivity index (χ1v) is 10.7. The maximum Gasteiger partial charge on any atom is 0.329 e. The van der Waals surface area contributed by atoms with E-state index in [0.717, 1.165) is 16.7 Å². The lowest BCUT2D eigenvalue weighted by molar-refractivity contribution is -0.139. The average molecular weight is 459 g/mol. The number of hydrazone groups is 1. The van der Waals surface area contributed by atoms with Crippen LogP contribution in [-0.4, -0.2) is 30.5 Å². The molecule has 0 aromatic heterocycles. The summed E-state index contributed by atoms with van der Waals surface area (Å²) >= 11 is 0. The van der Waals surface area contributed by atoms with E-state index in [1.807, 2.05) is 56.3 Å². The van der Waals surface area contributed by atoms with Crippen LogP contribution >= 0.6 is 0 Å². The van der Waals surface area contributed by atoms with Gasteiger partial charge in [0.05, 0.1) is 6.21 Å². The molecule has 0 heterocycles. The van der Waals surface area contributed by atoms with E-state index >= 15 is 0 Å². The Bertz CT molecular complexity index is 1190. The zero-order chi connectivity index (χ0) is 24.3. The Morgan fingerprint density at radius 2 is 1.65 bits per heavy atom. The van der Waals surface area contributed by atoms with Crippen LogP contribution < -0.4 is 20.8 Å². The smallest absolute Gasteiger partial charge is 0.329 e. The summed E-state index contributed by atoms with van der Waals surface area (Å²) in [6.07, 6.45) is 1.38. The fourth-order valence-corrected chi connectivity index (χ4v) is 2.94. The summed E-state index contributed by atoms with van der Waals surface area (Å²) in [5.41, 5.74) is 6.56. The largest absolute Gasteiger partial charge is 0.484 e. The lowest BCUT2D eigenvalue weighted by atomic mass is 10.1. The zero-order valence-electron chi connectivity index (χ0n) is 19.0. The minimum absolute atomic E-state index is 0.160. The molecule has 3 rings (SSSR count). The molecule has 34 heavy (non-hydrogen) atoms. The Labute approximate surface area is 198 Å². The number of nitrogens with zero attached hydrogens (tertiary/aromatic N) is 1. The van der Waals surface area contributed by atoms with Gasteiger partial charge in [-0.15, -0.1) is 0 Å². The van der Waals surface area contributed by atoms with Crippen LogP contribution in [0.25, 0.3) is 0 Å². The summed E-state index contributed by atoms with van der Waals surface area (Å²) < 4.78 is 5.53. The summed E-state index contributed by atoms with van der Waals surface area (Å²) in [5, 5.41) is 9.12. The molecule has 0 spiro atoms. The number of carbonyl (C=O) groups is 3. The number of hydrogen-bond acceptors (Lipinski definition) is 5. The molecule has 8 heteroatoms. The molecule has 0 aliphatic carbocycles. The van der Waals surface area contributed by atoms with Crippen molar-refractivity contribution < 1.29 is 19.1 Å². The lowest BCUT2D eigenvalue weighted by Gasteiger charge is -2.08. The van der Waals surface area contributed by atoms with Crippen molar-refractivity contribution in [1.29, 1.82) is 0 Å². The van der Waals surface area contributed by atoms with E-state index in [1.165, 1.54) is 6.21 Å². The van der Waals surface area contributed by atoms with Gasteiger partial charge in [0.25, 0.3) is 5.91 Å². The number of rotatable bonds is 8. The van der Waals surface area contributed by atoms with Crippen molar-refractivity contribution in [3.8, 4) is 5.75 Å². The first-order chi connectivity index (χ1) is 16.4. The maximum absolute atomic E-state index is 12.1. The van der Waals surface area contributed by atoms with Crippen LogP contribution in [0.1, 0.15) is 22.3 Å². The SMILES string of the molecule is Cc1ccc(CNC(=O)C(=O)N/N=C/c2cccc(OCC(=O)Nc3cccc(C)c3)c2)cc1. The minimum atomic E-state index is -0.872. The number of nitrogens with one attached hydrogen (secondary N) is 3. The molecule has 3 amide bonds. The van der Waals surface area contributed by atoms with Crippen molar-refractivity contribution in [2.45, 2.75) is 20.4 Å². The standard InChI is InChI=1S/C26H26N4O4/c1-18-9-11-20(12-10-18)15-27-25(32)26(33)30-28-16-21-6-4-8-23(14-21)34-17-24(31)29-22-7-3-5-19(2)13-22/h3-14,16H,15,17H2,1-2H3,(H,27,32)(H,29,31)(H,30,33)/b28-16+. The van der Waals surface area contributed by atoms with Gasteiger partial charge in [-0.25, -0.2) is 5.43 Å². The number of benzene rings is 3. The van der Waals surface area contributed by atoms with Crippen molar-refractivity contribution in [2.24, 2.45) is 5.10 Å². The van der Waals surface area contributed by atoms with E-state index in [-0.39, 0.29) is 19.1 Å². The molecule has 0 saturated heterocycles. The molecule has 0 unspecified atom stereocenters. The van der Waals surface area contributed by atoms with Crippen LogP contribution in [0, 0.1) is 13.8 Å². The number of aryl methyl sites for hydroxylation is 2. The van der Waals surface area contributed by atoms with Gasteiger partial charge >= 0.3 is 11.8 Å². The van der Waals surface area contributed by atoms with Gasteiger partial charge in [-0.2, -0.15) is 5.10 Å². The molecule has 0 saturated carbocycles. The minimum Gasteiger partial charge on any atom is -0.484 e. The van der Waals surface area contributed by atoms with E-state index in [1.54, 1.807) is 30.3 Å². The van der Waals surface area contributed by atoms with Crippen molar-refractivity contribution in [2.75, 3.05) is 11.9 Å². The highest BCUT2D eigenvalue weighted by molar-refractivity contribution is 6.35. The average Bonchev–Trinajstić information content (AvgIpc) is 2.82. The Hall–Kier alpha value is -4.46. The van der Waals surface area contributed by atoms with Crippen LogP contribution in [0.3, 0.4) is 0 Å². The third-order valence-corrected chi connectivity index (χ3v) is 4.69. The van der Waals surface area contributed by atoms with Crippen LogP contribution in [-0.2, 0) is 20.9 Å². The van der Waals surface area contributed by atoms with Gasteiger partial charge in [-0.3, -0.25) is 14.4 Å². The van der Waals surface area contributed by atoms with Crippen LogP contribution in [0.15, 0.2) is 77.9 Å². The zero-order valence-corrected chi connectivity index (χ0v) is 19.0. The van der Waals surface area contributed by atoms with Gasteiger partial charge in [-0.1, -0.05) is 54.1 Å². The van der Waals surface area contributed by atoms with Gasteiger partial charge in [0, 0.05) is 12.2 Å². The number of ether oxygens (including phenoxy) is 1. The van der Waals surface area contributed by atoms with Crippen molar-refractivity contribution in [3.05, 3.63) is 95.1 Å². The quantitative estimate of drug-likeness (QED) is 0.274. The summed E-state index contributed by atoms with van der Waals surface area (Å²) in [5.74, 6) is -1.47. The number of anilines is 1. The number of amides is 3. The molecule has 0 aliphatic heterocycles.